The maximum absolute atomic E-state index is 11.0. The molecule has 0 saturated carbocycles. The SMILES string of the molecule is COCCOCCN1CCCCC1C(=O)O.Cl. The number of halogens is 1. The third kappa shape index (κ3) is 6.21. The predicted molar refractivity (Wildman–Crippen MR) is 66.8 cm³/mol. The summed E-state index contributed by atoms with van der Waals surface area (Å²) in [4.78, 5) is 13.0. The lowest BCUT2D eigenvalue weighted by molar-refractivity contribution is -0.144. The van der Waals surface area contributed by atoms with E-state index in [-0.39, 0.29) is 18.4 Å². The summed E-state index contributed by atoms with van der Waals surface area (Å²) in [5.41, 5.74) is 0. The first-order valence-electron chi connectivity index (χ1n) is 5.79. The molecule has 1 atom stereocenters. The van der Waals surface area contributed by atoms with Gasteiger partial charge in [-0.2, -0.15) is 0 Å². The highest BCUT2D eigenvalue weighted by Crippen LogP contribution is 2.16. The maximum atomic E-state index is 11.0. The van der Waals surface area contributed by atoms with E-state index in [9.17, 15) is 4.79 Å². The molecule has 5 nitrogen and oxygen atoms in total. The van der Waals surface area contributed by atoms with E-state index in [1.807, 2.05) is 4.90 Å². The molecule has 1 saturated heterocycles. The van der Waals surface area contributed by atoms with Gasteiger partial charge in [-0.1, -0.05) is 6.42 Å². The van der Waals surface area contributed by atoms with Crippen LogP contribution >= 0.6 is 12.4 Å². The summed E-state index contributed by atoms with van der Waals surface area (Å²) < 4.78 is 10.2. The van der Waals surface area contributed by atoms with Gasteiger partial charge >= 0.3 is 5.97 Å². The van der Waals surface area contributed by atoms with E-state index >= 15 is 0 Å². The molecule has 0 aromatic heterocycles. The highest BCUT2D eigenvalue weighted by atomic mass is 35.5. The number of ether oxygens (including phenoxy) is 2. The van der Waals surface area contributed by atoms with Crippen molar-refractivity contribution in [2.75, 3.05) is 40.0 Å². The third-order valence-corrected chi connectivity index (χ3v) is 2.85. The molecular weight excluding hydrogens is 246 g/mol. The molecule has 1 N–H and O–H groups in total. The zero-order chi connectivity index (χ0) is 11.8. The molecule has 0 radical (unpaired) electrons. The highest BCUT2D eigenvalue weighted by Gasteiger charge is 2.27. The van der Waals surface area contributed by atoms with E-state index in [1.54, 1.807) is 7.11 Å². The molecule has 17 heavy (non-hydrogen) atoms. The van der Waals surface area contributed by atoms with Gasteiger partial charge in [0, 0.05) is 13.7 Å². The molecule has 0 bridgehead atoms. The van der Waals surface area contributed by atoms with Crippen molar-refractivity contribution in [1.82, 2.24) is 4.90 Å². The molecule has 0 spiro atoms. The summed E-state index contributed by atoms with van der Waals surface area (Å²) in [6.07, 6.45) is 2.85. The first-order valence-corrected chi connectivity index (χ1v) is 5.79. The summed E-state index contributed by atoms with van der Waals surface area (Å²) in [5, 5.41) is 9.05. The summed E-state index contributed by atoms with van der Waals surface area (Å²) in [6.45, 7) is 3.29. The topological polar surface area (TPSA) is 59.0 Å². The van der Waals surface area contributed by atoms with Crippen molar-refractivity contribution < 1.29 is 19.4 Å². The van der Waals surface area contributed by atoms with Gasteiger partial charge in [0.05, 0.1) is 19.8 Å². The van der Waals surface area contributed by atoms with E-state index in [0.717, 1.165) is 25.8 Å². The lowest BCUT2D eigenvalue weighted by atomic mass is 10.0. The van der Waals surface area contributed by atoms with Crippen molar-refractivity contribution in [2.45, 2.75) is 25.3 Å². The van der Waals surface area contributed by atoms with Crippen LogP contribution in [0.1, 0.15) is 19.3 Å². The second-order valence-corrected chi connectivity index (χ2v) is 3.99. The Morgan fingerprint density at radius 1 is 1.35 bits per heavy atom. The van der Waals surface area contributed by atoms with Crippen molar-refractivity contribution in [1.29, 1.82) is 0 Å². The van der Waals surface area contributed by atoms with Gasteiger partial charge in [-0.3, -0.25) is 9.69 Å². The lowest BCUT2D eigenvalue weighted by Gasteiger charge is -2.32. The minimum absolute atomic E-state index is 0. The van der Waals surface area contributed by atoms with Crippen LogP contribution in [0.2, 0.25) is 0 Å². The van der Waals surface area contributed by atoms with Crippen LogP contribution in [0.3, 0.4) is 0 Å². The number of carbonyl (C=O) groups is 1. The molecule has 1 heterocycles. The molecule has 1 fully saturated rings. The monoisotopic (exact) mass is 267 g/mol. The first kappa shape index (κ1) is 16.6. The van der Waals surface area contributed by atoms with Gasteiger partial charge in [-0.25, -0.2) is 0 Å². The maximum Gasteiger partial charge on any atom is 0.320 e. The molecule has 1 aliphatic heterocycles. The average molecular weight is 268 g/mol. The Labute approximate surface area is 108 Å². The molecule has 0 aromatic carbocycles. The van der Waals surface area contributed by atoms with Crippen LogP contribution in [0.5, 0.6) is 0 Å². The summed E-state index contributed by atoms with van der Waals surface area (Å²) >= 11 is 0. The molecule has 102 valence electrons. The first-order chi connectivity index (χ1) is 7.75. The van der Waals surface area contributed by atoms with E-state index in [1.165, 1.54) is 0 Å². The Kier molecular flexibility index (Phi) is 9.44. The largest absolute Gasteiger partial charge is 0.480 e. The van der Waals surface area contributed by atoms with E-state index in [0.29, 0.717) is 26.4 Å². The second kappa shape index (κ2) is 9.65. The smallest absolute Gasteiger partial charge is 0.320 e. The lowest BCUT2D eigenvalue weighted by Crippen LogP contribution is -2.46. The van der Waals surface area contributed by atoms with Crippen LogP contribution in [0.25, 0.3) is 0 Å². The van der Waals surface area contributed by atoms with Crippen molar-refractivity contribution in [3.8, 4) is 0 Å². The fraction of sp³-hybridized carbons (Fsp3) is 0.909. The van der Waals surface area contributed by atoms with Crippen molar-refractivity contribution in [3.05, 3.63) is 0 Å². The van der Waals surface area contributed by atoms with Crippen molar-refractivity contribution in [2.24, 2.45) is 0 Å². The molecule has 6 heteroatoms. The number of hydrogen-bond acceptors (Lipinski definition) is 4. The van der Waals surface area contributed by atoms with Gasteiger partial charge in [0.2, 0.25) is 0 Å². The molecule has 0 amide bonds. The highest BCUT2D eigenvalue weighted by molar-refractivity contribution is 5.85. The number of hydrogen-bond donors (Lipinski definition) is 1. The zero-order valence-corrected chi connectivity index (χ0v) is 11.1. The number of methoxy groups -OCH3 is 1. The fourth-order valence-corrected chi connectivity index (χ4v) is 1.96. The number of carboxylic acids is 1. The molecular formula is C11H22ClNO4. The Morgan fingerprint density at radius 2 is 2.12 bits per heavy atom. The molecule has 1 unspecified atom stereocenters. The van der Waals surface area contributed by atoms with Crippen LogP contribution < -0.4 is 0 Å². The van der Waals surface area contributed by atoms with E-state index in [4.69, 9.17) is 14.6 Å². The van der Waals surface area contributed by atoms with Gasteiger partial charge in [0.25, 0.3) is 0 Å². The van der Waals surface area contributed by atoms with Gasteiger partial charge in [-0.05, 0) is 19.4 Å². The minimum Gasteiger partial charge on any atom is -0.480 e. The van der Waals surface area contributed by atoms with Gasteiger partial charge in [-0.15, -0.1) is 12.4 Å². The quantitative estimate of drug-likeness (QED) is 0.698. The standard InChI is InChI=1S/C11H21NO4.ClH/c1-15-8-9-16-7-6-12-5-3-2-4-10(12)11(13)14;/h10H,2-9H2,1H3,(H,13,14);1H. The minimum atomic E-state index is -0.711. The number of carboxylic acid groups (broad SMARTS) is 1. The summed E-state index contributed by atoms with van der Waals surface area (Å²) in [5.74, 6) is -0.711. The van der Waals surface area contributed by atoms with Crippen LogP contribution in [-0.4, -0.2) is 62.0 Å². The van der Waals surface area contributed by atoms with Crippen LogP contribution in [0.4, 0.5) is 0 Å². The zero-order valence-electron chi connectivity index (χ0n) is 10.3. The Hall–Kier alpha value is -0.360. The van der Waals surface area contributed by atoms with Crippen LogP contribution in [0, 0.1) is 0 Å². The van der Waals surface area contributed by atoms with E-state index in [2.05, 4.69) is 0 Å². The Morgan fingerprint density at radius 3 is 2.76 bits per heavy atom. The number of rotatable bonds is 7. The Bertz CT molecular complexity index is 216. The molecule has 1 aliphatic rings. The van der Waals surface area contributed by atoms with Gasteiger partial charge in [0.1, 0.15) is 6.04 Å². The summed E-state index contributed by atoms with van der Waals surface area (Å²) in [6, 6.07) is -0.320. The number of nitrogens with zero attached hydrogens (tertiary/aromatic N) is 1. The van der Waals surface area contributed by atoms with Crippen LogP contribution in [-0.2, 0) is 14.3 Å². The average Bonchev–Trinajstić information content (AvgIpc) is 2.29. The molecule has 1 rings (SSSR count). The summed E-state index contributed by atoms with van der Waals surface area (Å²) in [7, 11) is 1.63. The number of likely N-dealkylation sites (tertiary alicyclic amines) is 1. The van der Waals surface area contributed by atoms with Crippen LogP contribution in [0.15, 0.2) is 0 Å². The molecule has 0 aliphatic carbocycles. The van der Waals surface area contributed by atoms with E-state index < -0.39 is 5.97 Å². The predicted octanol–water partition coefficient (Wildman–Crippen LogP) is 1.01. The number of aliphatic carboxylic acids is 1. The number of piperidine rings is 1. The van der Waals surface area contributed by atoms with Crippen molar-refractivity contribution in [3.63, 3.8) is 0 Å². The van der Waals surface area contributed by atoms with Crippen molar-refractivity contribution >= 4 is 18.4 Å². The third-order valence-electron chi connectivity index (χ3n) is 2.85. The van der Waals surface area contributed by atoms with Gasteiger partial charge in [0.15, 0.2) is 0 Å². The molecule has 0 aromatic rings. The fourth-order valence-electron chi connectivity index (χ4n) is 1.96. The second-order valence-electron chi connectivity index (χ2n) is 3.99. The normalized spacial score (nSPS) is 20.9. The van der Waals surface area contributed by atoms with Gasteiger partial charge < -0.3 is 14.6 Å². The Balaban J connectivity index is 0.00000256.